The van der Waals surface area contributed by atoms with E-state index in [9.17, 15) is 4.79 Å². The van der Waals surface area contributed by atoms with Gasteiger partial charge in [-0.3, -0.25) is 4.79 Å². The minimum absolute atomic E-state index is 0.218. The van der Waals surface area contributed by atoms with Gasteiger partial charge in [-0.2, -0.15) is 0 Å². The van der Waals surface area contributed by atoms with E-state index in [1.165, 1.54) is 0 Å². The molecule has 0 N–H and O–H groups in total. The fraction of sp³-hybridized carbons (Fsp3) is 0.417. The zero-order valence-corrected chi connectivity index (χ0v) is 9.79. The first-order valence-electron chi connectivity index (χ1n) is 5.18. The van der Waals surface area contributed by atoms with Crippen LogP contribution in [0.5, 0.6) is 5.75 Å². The lowest BCUT2D eigenvalue weighted by Gasteiger charge is -2.23. The van der Waals surface area contributed by atoms with Gasteiger partial charge in [0.15, 0.2) is 0 Å². The van der Waals surface area contributed by atoms with E-state index in [0.717, 1.165) is 5.56 Å². The van der Waals surface area contributed by atoms with Crippen molar-refractivity contribution in [3.63, 3.8) is 0 Å². The van der Waals surface area contributed by atoms with Crippen molar-refractivity contribution < 1.29 is 14.3 Å². The minimum Gasteiger partial charge on any atom is -0.495 e. The van der Waals surface area contributed by atoms with Crippen LogP contribution >= 0.6 is 11.6 Å². The molecule has 1 heterocycles. The van der Waals surface area contributed by atoms with Gasteiger partial charge in [0.25, 0.3) is 0 Å². The van der Waals surface area contributed by atoms with E-state index >= 15 is 0 Å². The summed E-state index contributed by atoms with van der Waals surface area (Å²) in [7, 11) is 1.57. The van der Waals surface area contributed by atoms with Crippen LogP contribution in [0.3, 0.4) is 0 Å². The molecule has 1 saturated heterocycles. The predicted molar refractivity (Wildman–Crippen MR) is 60.9 cm³/mol. The molecule has 3 nitrogen and oxygen atoms in total. The normalized spacial score (nSPS) is 20.9. The maximum atomic E-state index is 11.4. The number of ketones is 1. The lowest BCUT2D eigenvalue weighted by molar-refractivity contribution is -0.128. The number of benzene rings is 1. The van der Waals surface area contributed by atoms with Crippen LogP contribution in [0.1, 0.15) is 24.5 Å². The van der Waals surface area contributed by atoms with Gasteiger partial charge in [-0.15, -0.1) is 0 Å². The van der Waals surface area contributed by atoms with Crippen LogP contribution in [0.25, 0.3) is 0 Å². The van der Waals surface area contributed by atoms with Crippen LogP contribution in [0.2, 0.25) is 5.02 Å². The number of carbonyl (C=O) groups excluding carboxylic acids is 1. The summed E-state index contributed by atoms with van der Waals surface area (Å²) < 4.78 is 10.7. The van der Waals surface area contributed by atoms with Crippen molar-refractivity contribution in [2.45, 2.75) is 18.9 Å². The number of rotatable bonds is 2. The molecular weight excluding hydrogens is 228 g/mol. The average molecular weight is 241 g/mol. The smallest absolute Gasteiger partial charge is 0.138 e. The summed E-state index contributed by atoms with van der Waals surface area (Å²) >= 11 is 6.17. The van der Waals surface area contributed by atoms with Crippen LogP contribution in [0.15, 0.2) is 18.2 Å². The van der Waals surface area contributed by atoms with E-state index in [2.05, 4.69) is 0 Å². The molecule has 1 aromatic carbocycles. The third kappa shape index (κ3) is 2.20. The highest BCUT2D eigenvalue weighted by Crippen LogP contribution is 2.36. The first-order valence-corrected chi connectivity index (χ1v) is 5.56. The maximum Gasteiger partial charge on any atom is 0.138 e. The molecule has 0 amide bonds. The van der Waals surface area contributed by atoms with Crippen molar-refractivity contribution in [2.75, 3.05) is 13.7 Å². The molecule has 0 radical (unpaired) electrons. The monoisotopic (exact) mass is 240 g/mol. The van der Waals surface area contributed by atoms with E-state index in [0.29, 0.717) is 30.2 Å². The molecule has 1 unspecified atom stereocenters. The van der Waals surface area contributed by atoms with Gasteiger partial charge in [-0.05, 0) is 6.07 Å². The summed E-state index contributed by atoms with van der Waals surface area (Å²) in [6.07, 6.45) is 0.661. The Morgan fingerprint density at radius 1 is 1.50 bits per heavy atom. The van der Waals surface area contributed by atoms with Crippen molar-refractivity contribution in [1.82, 2.24) is 0 Å². The van der Waals surface area contributed by atoms with Crippen molar-refractivity contribution in [3.8, 4) is 5.75 Å². The number of hydrogen-bond acceptors (Lipinski definition) is 3. The Labute approximate surface area is 99.3 Å². The summed E-state index contributed by atoms with van der Waals surface area (Å²) in [6.45, 7) is 0.469. The molecule has 1 aliphatic heterocycles. The molecule has 1 aliphatic rings. The van der Waals surface area contributed by atoms with Gasteiger partial charge in [-0.1, -0.05) is 23.7 Å². The average Bonchev–Trinajstić information content (AvgIpc) is 2.29. The van der Waals surface area contributed by atoms with Gasteiger partial charge in [-0.25, -0.2) is 0 Å². The Balaban J connectivity index is 2.29. The van der Waals surface area contributed by atoms with E-state index in [1.54, 1.807) is 13.2 Å². The minimum atomic E-state index is -0.233. The zero-order valence-electron chi connectivity index (χ0n) is 9.03. The Morgan fingerprint density at radius 2 is 2.31 bits per heavy atom. The predicted octanol–water partition coefficient (Wildman–Crippen LogP) is 2.77. The van der Waals surface area contributed by atoms with E-state index in [1.807, 2.05) is 12.1 Å². The van der Waals surface area contributed by atoms with Gasteiger partial charge in [0, 0.05) is 18.4 Å². The molecule has 0 bridgehead atoms. The first-order chi connectivity index (χ1) is 7.72. The number of ether oxygens (including phenoxy) is 2. The first kappa shape index (κ1) is 11.4. The van der Waals surface area contributed by atoms with Gasteiger partial charge >= 0.3 is 0 Å². The summed E-state index contributed by atoms with van der Waals surface area (Å²) in [5.41, 5.74) is 0.828. The van der Waals surface area contributed by atoms with E-state index < -0.39 is 0 Å². The number of carbonyl (C=O) groups is 1. The summed E-state index contributed by atoms with van der Waals surface area (Å²) in [6, 6.07) is 5.51. The number of hydrogen-bond donors (Lipinski definition) is 0. The van der Waals surface area contributed by atoms with Crippen LogP contribution in [0, 0.1) is 0 Å². The fourth-order valence-electron chi connectivity index (χ4n) is 1.82. The molecule has 86 valence electrons. The molecule has 4 heteroatoms. The SMILES string of the molecule is COc1cccc(C2CC(=O)CCO2)c1Cl. The highest BCUT2D eigenvalue weighted by molar-refractivity contribution is 6.32. The van der Waals surface area contributed by atoms with Gasteiger partial charge < -0.3 is 9.47 Å². The fourth-order valence-corrected chi connectivity index (χ4v) is 2.14. The summed E-state index contributed by atoms with van der Waals surface area (Å²) in [5, 5.41) is 0.532. The molecule has 2 rings (SSSR count). The highest BCUT2D eigenvalue weighted by atomic mass is 35.5. The highest BCUT2D eigenvalue weighted by Gasteiger charge is 2.24. The molecule has 0 aromatic heterocycles. The van der Waals surface area contributed by atoms with Crippen molar-refractivity contribution in [3.05, 3.63) is 28.8 Å². The Bertz CT molecular complexity index is 403. The van der Waals surface area contributed by atoms with E-state index in [-0.39, 0.29) is 11.9 Å². The van der Waals surface area contributed by atoms with Gasteiger partial charge in [0.1, 0.15) is 11.5 Å². The third-order valence-electron chi connectivity index (χ3n) is 2.67. The Hall–Kier alpha value is -1.06. The topological polar surface area (TPSA) is 35.5 Å². The van der Waals surface area contributed by atoms with Gasteiger partial charge in [0.05, 0.1) is 24.8 Å². The van der Waals surface area contributed by atoms with Crippen LogP contribution < -0.4 is 4.74 Å². The molecule has 1 atom stereocenters. The zero-order chi connectivity index (χ0) is 11.5. The number of Topliss-reactive ketones (excluding diaryl/α,β-unsaturated/α-hetero) is 1. The summed E-state index contributed by atoms with van der Waals surface area (Å²) in [5.74, 6) is 0.830. The molecule has 1 aromatic rings. The number of halogens is 1. The number of methoxy groups -OCH3 is 1. The second-order valence-corrected chi connectivity index (χ2v) is 4.09. The molecule has 1 fully saturated rings. The lowest BCUT2D eigenvalue weighted by Crippen LogP contribution is -2.19. The van der Waals surface area contributed by atoms with Crippen molar-refractivity contribution in [1.29, 1.82) is 0 Å². The standard InChI is InChI=1S/C12H13ClO3/c1-15-10-4-2-3-9(12(10)13)11-7-8(14)5-6-16-11/h2-4,11H,5-7H2,1H3. The van der Waals surface area contributed by atoms with Gasteiger partial charge in [0.2, 0.25) is 0 Å². The largest absolute Gasteiger partial charge is 0.495 e. The van der Waals surface area contributed by atoms with Crippen LogP contribution in [-0.4, -0.2) is 19.5 Å². The van der Waals surface area contributed by atoms with E-state index in [4.69, 9.17) is 21.1 Å². The quantitative estimate of drug-likeness (QED) is 0.798. The Kier molecular flexibility index (Phi) is 3.46. The van der Waals surface area contributed by atoms with Crippen LogP contribution in [-0.2, 0) is 9.53 Å². The van der Waals surface area contributed by atoms with Crippen molar-refractivity contribution >= 4 is 17.4 Å². The molecule has 0 spiro atoms. The molecule has 16 heavy (non-hydrogen) atoms. The Morgan fingerprint density at radius 3 is 3.00 bits per heavy atom. The molecule has 0 aliphatic carbocycles. The molecule has 0 saturated carbocycles. The second-order valence-electron chi connectivity index (χ2n) is 3.72. The van der Waals surface area contributed by atoms with Crippen LogP contribution in [0.4, 0.5) is 0 Å². The summed E-state index contributed by atoms with van der Waals surface area (Å²) in [4.78, 5) is 11.4. The molecular formula is C12H13ClO3. The van der Waals surface area contributed by atoms with Crippen molar-refractivity contribution in [2.24, 2.45) is 0 Å². The maximum absolute atomic E-state index is 11.4. The second kappa shape index (κ2) is 4.85. The third-order valence-corrected chi connectivity index (χ3v) is 3.08. The lowest BCUT2D eigenvalue weighted by atomic mass is 10.0.